The van der Waals surface area contributed by atoms with Gasteiger partial charge in [-0.3, -0.25) is 5.32 Å². The maximum atomic E-state index is 9.43. The number of nitrogens with one attached hydrogen (secondary N) is 2. The number of hydrogen-bond acceptors (Lipinski definition) is 9. The van der Waals surface area contributed by atoms with Crippen molar-refractivity contribution in [2.24, 2.45) is 10.9 Å². The zero-order valence-corrected chi connectivity index (χ0v) is 16.7. The number of benzene rings is 1. The van der Waals surface area contributed by atoms with Crippen LogP contribution in [0.5, 0.6) is 0 Å². The molecule has 1 atom stereocenters. The number of piperidine rings is 1. The Hall–Kier alpha value is -3.98. The largest absolute Gasteiger partial charge is 0.397 e. The average molecular weight is 401 g/mol. The van der Waals surface area contributed by atoms with Crippen LogP contribution in [0.1, 0.15) is 42.5 Å². The quantitative estimate of drug-likeness (QED) is 0.442. The highest BCUT2D eigenvalue weighted by molar-refractivity contribution is 5.98. The first-order chi connectivity index (χ1) is 14.5. The number of aromatic nitrogens is 1. The van der Waals surface area contributed by atoms with E-state index in [4.69, 9.17) is 16.7 Å². The van der Waals surface area contributed by atoms with Gasteiger partial charge in [0, 0.05) is 24.3 Å². The van der Waals surface area contributed by atoms with Crippen LogP contribution in [0, 0.1) is 28.7 Å². The summed E-state index contributed by atoms with van der Waals surface area (Å²) in [4.78, 5) is 11.3. The summed E-state index contributed by atoms with van der Waals surface area (Å²) in [5.74, 6) is 1.44. The molecule has 2 aliphatic heterocycles. The summed E-state index contributed by atoms with van der Waals surface area (Å²) in [6.07, 6.45) is 4.24. The van der Waals surface area contributed by atoms with Crippen LogP contribution in [0.15, 0.2) is 29.3 Å². The lowest BCUT2D eigenvalue weighted by atomic mass is 9.94. The molecule has 30 heavy (non-hydrogen) atoms. The standard InChI is InChI=1S/C21H23N9/c1-12-6-8-30(9-7-12)14-4-2-13(3-5-14)18-16-17(24)15(10-22)19(25)28-20(16)29-21(27-18)26-11-23/h2-5,12,18H,6-9H2,1H3,(H6,24,25,26,27,28,29). The first-order valence-electron chi connectivity index (χ1n) is 9.85. The van der Waals surface area contributed by atoms with E-state index < -0.39 is 6.04 Å². The van der Waals surface area contributed by atoms with Crippen LogP contribution in [-0.2, 0) is 0 Å². The fraction of sp³-hybridized carbons (Fsp3) is 0.333. The predicted octanol–water partition coefficient (Wildman–Crippen LogP) is 2.30. The van der Waals surface area contributed by atoms with Gasteiger partial charge in [-0.1, -0.05) is 19.1 Å². The number of nitrogens with zero attached hydrogens (tertiary/aromatic N) is 5. The van der Waals surface area contributed by atoms with E-state index in [0.717, 1.165) is 24.6 Å². The van der Waals surface area contributed by atoms with E-state index in [1.54, 1.807) is 0 Å². The van der Waals surface area contributed by atoms with E-state index >= 15 is 0 Å². The first-order valence-corrected chi connectivity index (χ1v) is 9.85. The third-order valence-electron chi connectivity index (χ3n) is 5.72. The van der Waals surface area contributed by atoms with Crippen molar-refractivity contribution in [3.8, 4) is 12.3 Å². The van der Waals surface area contributed by atoms with Gasteiger partial charge in [0.15, 0.2) is 6.19 Å². The molecule has 6 N–H and O–H groups in total. The number of rotatable bonds is 2. The molecule has 0 spiro atoms. The number of hydrogen-bond donors (Lipinski definition) is 4. The SMILES string of the molecule is CC1CCN(c2ccc(C3N=C(NC#N)Nc4nc(N)c(C#N)c(N)c43)cc2)CC1. The molecular formula is C21H23N9. The Labute approximate surface area is 175 Å². The van der Waals surface area contributed by atoms with Crippen LogP contribution in [0.4, 0.5) is 23.0 Å². The van der Waals surface area contributed by atoms with Crippen molar-refractivity contribution >= 4 is 29.0 Å². The topological polar surface area (TPSA) is 152 Å². The van der Waals surface area contributed by atoms with Gasteiger partial charge in [-0.2, -0.15) is 10.5 Å². The van der Waals surface area contributed by atoms with Gasteiger partial charge in [0.05, 0.1) is 5.69 Å². The molecular weight excluding hydrogens is 378 g/mol. The summed E-state index contributed by atoms with van der Waals surface area (Å²) in [5.41, 5.74) is 15.2. The number of pyridine rings is 1. The molecule has 4 rings (SSSR count). The van der Waals surface area contributed by atoms with E-state index in [1.165, 1.54) is 18.5 Å². The monoisotopic (exact) mass is 401 g/mol. The molecule has 2 aromatic rings. The molecule has 1 unspecified atom stereocenters. The molecule has 1 saturated heterocycles. The van der Waals surface area contributed by atoms with Crippen molar-refractivity contribution in [1.29, 1.82) is 10.5 Å². The van der Waals surface area contributed by atoms with E-state index in [0.29, 0.717) is 11.4 Å². The van der Waals surface area contributed by atoms with Crippen molar-refractivity contribution in [2.45, 2.75) is 25.8 Å². The number of nitrogen functional groups attached to an aromatic ring is 2. The normalized spacial score (nSPS) is 18.4. The Morgan fingerprint density at radius 2 is 1.87 bits per heavy atom. The number of guanidine groups is 1. The molecule has 0 amide bonds. The number of fused-ring (bicyclic) bond motifs is 1. The molecule has 1 aromatic heterocycles. The van der Waals surface area contributed by atoms with Gasteiger partial charge >= 0.3 is 0 Å². The molecule has 2 aliphatic rings. The zero-order valence-electron chi connectivity index (χ0n) is 16.7. The number of aliphatic imine (C=N–C) groups is 1. The van der Waals surface area contributed by atoms with Crippen LogP contribution in [0.2, 0.25) is 0 Å². The maximum absolute atomic E-state index is 9.43. The number of nitrogens with two attached hydrogens (primary N) is 2. The summed E-state index contributed by atoms with van der Waals surface area (Å²) in [6, 6.07) is 9.65. The first kappa shape index (κ1) is 19.3. The van der Waals surface area contributed by atoms with Crippen molar-refractivity contribution in [2.75, 3.05) is 34.8 Å². The lowest BCUT2D eigenvalue weighted by molar-refractivity contribution is 0.438. The van der Waals surface area contributed by atoms with Crippen LogP contribution in [0.25, 0.3) is 0 Å². The molecule has 0 saturated carbocycles. The zero-order chi connectivity index (χ0) is 21.3. The molecule has 1 fully saturated rings. The highest BCUT2D eigenvalue weighted by Gasteiger charge is 2.29. The summed E-state index contributed by atoms with van der Waals surface area (Å²) >= 11 is 0. The summed E-state index contributed by atoms with van der Waals surface area (Å²) < 4.78 is 0. The Bertz CT molecular complexity index is 1070. The fourth-order valence-corrected chi connectivity index (χ4v) is 3.96. The van der Waals surface area contributed by atoms with Crippen molar-refractivity contribution in [3.63, 3.8) is 0 Å². The molecule has 152 valence electrons. The molecule has 3 heterocycles. The summed E-state index contributed by atoms with van der Waals surface area (Å²) in [7, 11) is 0. The minimum Gasteiger partial charge on any atom is -0.397 e. The molecule has 0 radical (unpaired) electrons. The van der Waals surface area contributed by atoms with Crippen molar-refractivity contribution in [1.82, 2.24) is 10.3 Å². The van der Waals surface area contributed by atoms with Crippen LogP contribution in [0.3, 0.4) is 0 Å². The maximum Gasteiger partial charge on any atom is 0.211 e. The Morgan fingerprint density at radius 3 is 2.50 bits per heavy atom. The third-order valence-corrected chi connectivity index (χ3v) is 5.72. The van der Waals surface area contributed by atoms with Gasteiger partial charge in [-0.25, -0.2) is 9.98 Å². The number of nitriles is 2. The average Bonchev–Trinajstić information content (AvgIpc) is 2.74. The molecule has 0 bridgehead atoms. The second-order valence-electron chi connectivity index (χ2n) is 7.66. The lowest BCUT2D eigenvalue weighted by Crippen LogP contribution is -2.33. The van der Waals surface area contributed by atoms with Crippen LogP contribution >= 0.6 is 0 Å². The van der Waals surface area contributed by atoms with Gasteiger partial charge in [-0.15, -0.1) is 0 Å². The fourth-order valence-electron chi connectivity index (χ4n) is 3.96. The lowest BCUT2D eigenvalue weighted by Gasteiger charge is -2.32. The van der Waals surface area contributed by atoms with Gasteiger partial charge in [-0.05, 0) is 36.5 Å². The highest BCUT2D eigenvalue weighted by Crippen LogP contribution is 2.40. The van der Waals surface area contributed by atoms with Crippen LogP contribution < -0.4 is 27.0 Å². The summed E-state index contributed by atoms with van der Waals surface area (Å²) in [6.45, 7) is 4.39. The third kappa shape index (κ3) is 3.42. The Kier molecular flexibility index (Phi) is 5.03. The minimum atomic E-state index is -0.521. The van der Waals surface area contributed by atoms with Crippen LogP contribution in [-0.4, -0.2) is 24.0 Å². The molecule has 9 nitrogen and oxygen atoms in total. The Balaban J connectivity index is 1.73. The Morgan fingerprint density at radius 1 is 1.17 bits per heavy atom. The van der Waals surface area contributed by atoms with Gasteiger partial charge in [0.2, 0.25) is 5.96 Å². The minimum absolute atomic E-state index is 0.0351. The van der Waals surface area contributed by atoms with E-state index in [1.807, 2.05) is 24.4 Å². The molecule has 9 heteroatoms. The van der Waals surface area contributed by atoms with E-state index in [9.17, 15) is 5.26 Å². The second kappa shape index (κ2) is 7.80. The smallest absolute Gasteiger partial charge is 0.211 e. The molecule has 0 aliphatic carbocycles. The van der Waals surface area contributed by atoms with Gasteiger partial charge < -0.3 is 21.7 Å². The predicted molar refractivity (Wildman–Crippen MR) is 116 cm³/mol. The van der Waals surface area contributed by atoms with Crippen molar-refractivity contribution in [3.05, 3.63) is 41.0 Å². The van der Waals surface area contributed by atoms with Gasteiger partial charge in [0.25, 0.3) is 0 Å². The van der Waals surface area contributed by atoms with Gasteiger partial charge in [0.1, 0.15) is 29.3 Å². The highest BCUT2D eigenvalue weighted by atomic mass is 15.2. The van der Waals surface area contributed by atoms with Crippen molar-refractivity contribution < 1.29 is 0 Å². The number of anilines is 4. The second-order valence-corrected chi connectivity index (χ2v) is 7.66. The summed E-state index contributed by atoms with van der Waals surface area (Å²) in [5, 5.41) is 23.9. The molecule has 1 aromatic carbocycles. The van der Waals surface area contributed by atoms with E-state index in [2.05, 4.69) is 44.6 Å². The van der Waals surface area contributed by atoms with E-state index in [-0.39, 0.29) is 23.0 Å².